The molecule has 0 aliphatic carbocycles. The van der Waals surface area contributed by atoms with E-state index in [0.717, 1.165) is 12.0 Å². The van der Waals surface area contributed by atoms with Crippen LogP contribution < -0.4 is 0 Å². The largest absolute Gasteiger partial charge is 0.372 e. The molecule has 2 atom stereocenters. The predicted octanol–water partition coefficient (Wildman–Crippen LogP) is 2.94. The van der Waals surface area contributed by atoms with Crippen molar-refractivity contribution in [2.45, 2.75) is 12.5 Å². The molecule has 1 aromatic carbocycles. The van der Waals surface area contributed by atoms with Crippen LogP contribution in [0.2, 0.25) is 5.02 Å². The van der Waals surface area contributed by atoms with Gasteiger partial charge in [-0.25, -0.2) is 0 Å². The zero-order chi connectivity index (χ0) is 9.97. The molecule has 0 aromatic heterocycles. The second-order valence-electron chi connectivity index (χ2n) is 3.37. The molecule has 0 radical (unpaired) electrons. The lowest BCUT2D eigenvalue weighted by Gasteiger charge is -2.12. The lowest BCUT2D eigenvalue weighted by Crippen LogP contribution is -2.04. The maximum Gasteiger partial charge on any atom is 0.0983 e. The minimum atomic E-state index is -0.0720. The quantitative estimate of drug-likeness (QED) is 0.710. The van der Waals surface area contributed by atoms with Crippen molar-refractivity contribution in [2.75, 3.05) is 6.61 Å². The number of nitrogens with zero attached hydrogens (tertiary/aromatic N) is 1. The van der Waals surface area contributed by atoms with E-state index in [1.54, 1.807) is 0 Å². The summed E-state index contributed by atoms with van der Waals surface area (Å²) in [5.41, 5.74) is 1.04. The first-order chi connectivity index (χ1) is 6.81. The second kappa shape index (κ2) is 4.00. The van der Waals surface area contributed by atoms with E-state index >= 15 is 0 Å². The van der Waals surface area contributed by atoms with Crippen molar-refractivity contribution < 1.29 is 4.74 Å². The van der Waals surface area contributed by atoms with Gasteiger partial charge in [-0.15, -0.1) is 0 Å². The summed E-state index contributed by atoms with van der Waals surface area (Å²) >= 11 is 5.78. The van der Waals surface area contributed by atoms with Crippen LogP contribution in [-0.4, -0.2) is 6.61 Å². The third-order valence-corrected chi connectivity index (χ3v) is 2.71. The lowest BCUT2D eigenvalue weighted by atomic mass is 9.97. The normalized spacial score (nSPS) is 26.0. The molecule has 14 heavy (non-hydrogen) atoms. The van der Waals surface area contributed by atoms with Crippen molar-refractivity contribution in [1.29, 1.82) is 5.26 Å². The molecule has 1 fully saturated rings. The molecule has 2 nitrogen and oxygen atoms in total. The Labute approximate surface area is 88.1 Å². The lowest BCUT2D eigenvalue weighted by molar-refractivity contribution is 0.101. The van der Waals surface area contributed by atoms with Crippen LogP contribution in [0, 0.1) is 17.2 Å². The number of benzene rings is 1. The standard InChI is InChI=1S/C11H10ClNO/c12-10-3-1-8(2-4-10)11-9(7-13)5-6-14-11/h1-4,9,11H,5-6H2. The fourth-order valence-electron chi connectivity index (χ4n) is 1.70. The van der Waals surface area contributed by atoms with Crippen LogP contribution in [0.4, 0.5) is 0 Å². The topological polar surface area (TPSA) is 33.0 Å². The molecular weight excluding hydrogens is 198 g/mol. The van der Waals surface area contributed by atoms with Crippen LogP contribution in [-0.2, 0) is 4.74 Å². The van der Waals surface area contributed by atoms with Crippen molar-refractivity contribution in [3.63, 3.8) is 0 Å². The van der Waals surface area contributed by atoms with Crippen LogP contribution >= 0.6 is 11.6 Å². The van der Waals surface area contributed by atoms with Crippen molar-refractivity contribution >= 4 is 11.6 Å². The fraction of sp³-hybridized carbons (Fsp3) is 0.364. The van der Waals surface area contributed by atoms with Gasteiger partial charge in [0.05, 0.1) is 18.1 Å². The van der Waals surface area contributed by atoms with E-state index in [0.29, 0.717) is 11.6 Å². The molecule has 0 spiro atoms. The van der Waals surface area contributed by atoms with Gasteiger partial charge >= 0.3 is 0 Å². The van der Waals surface area contributed by atoms with Gasteiger partial charge in [0.25, 0.3) is 0 Å². The number of halogens is 1. The first kappa shape index (κ1) is 9.51. The molecule has 1 saturated heterocycles. The monoisotopic (exact) mass is 207 g/mol. The molecule has 0 bridgehead atoms. The number of nitriles is 1. The third-order valence-electron chi connectivity index (χ3n) is 2.46. The minimum Gasteiger partial charge on any atom is -0.372 e. The molecule has 2 unspecified atom stereocenters. The van der Waals surface area contributed by atoms with Gasteiger partial charge in [-0.2, -0.15) is 5.26 Å². The smallest absolute Gasteiger partial charge is 0.0983 e. The van der Waals surface area contributed by atoms with Crippen LogP contribution in [0.5, 0.6) is 0 Å². The Morgan fingerprint density at radius 3 is 2.71 bits per heavy atom. The summed E-state index contributed by atoms with van der Waals surface area (Å²) in [4.78, 5) is 0. The van der Waals surface area contributed by atoms with Gasteiger partial charge in [0.15, 0.2) is 0 Å². The highest BCUT2D eigenvalue weighted by molar-refractivity contribution is 6.30. The summed E-state index contributed by atoms with van der Waals surface area (Å²) in [7, 11) is 0. The van der Waals surface area contributed by atoms with E-state index < -0.39 is 0 Å². The summed E-state index contributed by atoms with van der Waals surface area (Å²) in [5.74, 6) is -0.0174. The fourth-order valence-corrected chi connectivity index (χ4v) is 1.83. The van der Waals surface area contributed by atoms with E-state index in [9.17, 15) is 0 Å². The molecule has 1 heterocycles. The molecule has 1 aliphatic rings. The molecule has 1 aromatic rings. The highest BCUT2D eigenvalue weighted by Crippen LogP contribution is 2.34. The van der Waals surface area contributed by atoms with Crippen molar-refractivity contribution in [3.8, 4) is 6.07 Å². The average molecular weight is 208 g/mol. The molecule has 0 saturated carbocycles. The number of rotatable bonds is 1. The summed E-state index contributed by atoms with van der Waals surface area (Å²) < 4.78 is 5.52. The molecule has 3 heteroatoms. The summed E-state index contributed by atoms with van der Waals surface area (Å²) in [6.07, 6.45) is 0.751. The number of hydrogen-bond donors (Lipinski definition) is 0. The maximum atomic E-state index is 8.90. The van der Waals surface area contributed by atoms with Crippen LogP contribution in [0.1, 0.15) is 18.1 Å². The summed E-state index contributed by atoms with van der Waals surface area (Å²) in [6, 6.07) is 9.76. The van der Waals surface area contributed by atoms with Gasteiger partial charge in [0.1, 0.15) is 0 Å². The van der Waals surface area contributed by atoms with Crippen molar-refractivity contribution in [1.82, 2.24) is 0 Å². The Balaban J connectivity index is 2.23. The zero-order valence-electron chi connectivity index (χ0n) is 7.61. The molecule has 2 rings (SSSR count). The Bertz CT molecular complexity index is 355. The van der Waals surface area contributed by atoms with Gasteiger partial charge in [-0.05, 0) is 24.1 Å². The molecule has 0 N–H and O–H groups in total. The summed E-state index contributed by atoms with van der Waals surface area (Å²) in [6.45, 7) is 0.672. The van der Waals surface area contributed by atoms with Gasteiger partial charge in [-0.3, -0.25) is 0 Å². The number of ether oxygens (including phenoxy) is 1. The predicted molar refractivity (Wildman–Crippen MR) is 53.9 cm³/mol. The van der Waals surface area contributed by atoms with Gasteiger partial charge < -0.3 is 4.74 Å². The van der Waals surface area contributed by atoms with Crippen molar-refractivity contribution in [2.24, 2.45) is 5.92 Å². The van der Waals surface area contributed by atoms with Crippen LogP contribution in [0.15, 0.2) is 24.3 Å². The maximum absolute atomic E-state index is 8.90. The van der Waals surface area contributed by atoms with Gasteiger partial charge in [-0.1, -0.05) is 23.7 Å². The highest BCUT2D eigenvalue weighted by atomic mass is 35.5. The first-order valence-corrected chi connectivity index (χ1v) is 4.96. The third kappa shape index (κ3) is 1.75. The van der Waals surface area contributed by atoms with Gasteiger partial charge in [0.2, 0.25) is 0 Å². The Hall–Kier alpha value is -1.04. The minimum absolute atomic E-state index is 0.0174. The molecule has 72 valence electrons. The Morgan fingerprint density at radius 1 is 1.36 bits per heavy atom. The van der Waals surface area contributed by atoms with E-state index in [-0.39, 0.29) is 12.0 Å². The van der Waals surface area contributed by atoms with E-state index in [1.807, 2.05) is 24.3 Å². The van der Waals surface area contributed by atoms with Gasteiger partial charge in [0, 0.05) is 11.6 Å². The average Bonchev–Trinajstić information content (AvgIpc) is 2.67. The van der Waals surface area contributed by atoms with Crippen LogP contribution in [0.25, 0.3) is 0 Å². The summed E-state index contributed by atoms with van der Waals surface area (Å²) in [5, 5.41) is 9.60. The van der Waals surface area contributed by atoms with E-state index in [2.05, 4.69) is 6.07 Å². The zero-order valence-corrected chi connectivity index (χ0v) is 8.37. The number of hydrogen-bond acceptors (Lipinski definition) is 2. The van der Waals surface area contributed by atoms with Crippen molar-refractivity contribution in [3.05, 3.63) is 34.9 Å². The van der Waals surface area contributed by atoms with E-state index in [4.69, 9.17) is 21.6 Å². The van der Waals surface area contributed by atoms with Crippen LogP contribution in [0.3, 0.4) is 0 Å². The second-order valence-corrected chi connectivity index (χ2v) is 3.80. The van der Waals surface area contributed by atoms with E-state index in [1.165, 1.54) is 0 Å². The first-order valence-electron chi connectivity index (χ1n) is 4.58. The Kier molecular flexibility index (Phi) is 2.72. The highest BCUT2D eigenvalue weighted by Gasteiger charge is 2.29. The molecule has 0 amide bonds. The SMILES string of the molecule is N#CC1CCOC1c1ccc(Cl)cc1. The molecule has 1 aliphatic heterocycles. The molecular formula is C11H10ClNO. The Morgan fingerprint density at radius 2 is 2.07 bits per heavy atom.